The second-order valence-corrected chi connectivity index (χ2v) is 8.79. The second kappa shape index (κ2) is 5.02. The summed E-state index contributed by atoms with van der Waals surface area (Å²) in [6, 6.07) is 4.13. The van der Waals surface area contributed by atoms with Crippen LogP contribution in [0.5, 0.6) is 5.75 Å². The van der Waals surface area contributed by atoms with E-state index >= 15 is 0 Å². The Morgan fingerprint density at radius 3 is 1.73 bits per heavy atom. The minimum Gasteiger partial charge on any atom is -0.507 e. The van der Waals surface area contributed by atoms with Gasteiger partial charge >= 0.3 is 0 Å². The van der Waals surface area contributed by atoms with Gasteiger partial charge in [0.05, 0.1) is 5.70 Å². The number of benzene rings is 1. The van der Waals surface area contributed by atoms with Gasteiger partial charge in [0.25, 0.3) is 0 Å². The van der Waals surface area contributed by atoms with E-state index in [-0.39, 0.29) is 16.4 Å². The highest BCUT2D eigenvalue weighted by Gasteiger charge is 2.30. The molecule has 2 N–H and O–H groups in total. The number of hydroxylamine groups is 1. The molecule has 0 atom stereocenters. The summed E-state index contributed by atoms with van der Waals surface area (Å²) in [5.74, 6) is 0.405. The predicted octanol–water partition coefficient (Wildman–Crippen LogP) is 4.64. The minimum atomic E-state index is -0.322. The second-order valence-electron chi connectivity index (χ2n) is 8.79. The van der Waals surface area contributed by atoms with Gasteiger partial charge in [0.1, 0.15) is 11.4 Å². The van der Waals surface area contributed by atoms with Crippen molar-refractivity contribution in [2.45, 2.75) is 71.8 Å². The topological polar surface area (TPSA) is 41.5 Å². The molecule has 1 aliphatic heterocycles. The van der Waals surface area contributed by atoms with Gasteiger partial charge in [-0.15, -0.1) is 0 Å². The Kier molecular flexibility index (Phi) is 3.85. The van der Waals surface area contributed by atoms with E-state index in [0.29, 0.717) is 5.75 Å². The third-order valence-corrected chi connectivity index (χ3v) is 3.95. The van der Waals surface area contributed by atoms with Gasteiger partial charge in [-0.1, -0.05) is 41.5 Å². The zero-order valence-electron chi connectivity index (χ0n) is 15.1. The molecule has 1 aromatic carbocycles. The Hall–Kier alpha value is -1.48. The van der Waals surface area contributed by atoms with Gasteiger partial charge in [0, 0.05) is 16.7 Å². The van der Waals surface area contributed by atoms with Crippen molar-refractivity contribution < 1.29 is 9.94 Å². The maximum absolute atomic E-state index is 10.8. The smallest absolute Gasteiger partial charge is 0.123 e. The molecule has 0 fully saturated rings. The molecule has 1 heterocycles. The van der Waals surface area contributed by atoms with Gasteiger partial charge in [-0.2, -0.15) is 0 Å². The molecule has 0 aromatic heterocycles. The largest absolute Gasteiger partial charge is 0.507 e. The molecule has 2 rings (SSSR count). The lowest BCUT2D eigenvalue weighted by Crippen LogP contribution is -2.21. The van der Waals surface area contributed by atoms with Crippen LogP contribution in [0.3, 0.4) is 0 Å². The zero-order chi connectivity index (χ0) is 16.9. The van der Waals surface area contributed by atoms with E-state index < -0.39 is 0 Å². The van der Waals surface area contributed by atoms with Crippen molar-refractivity contribution in [2.24, 2.45) is 0 Å². The van der Waals surface area contributed by atoms with Crippen LogP contribution in [0.4, 0.5) is 0 Å². The van der Waals surface area contributed by atoms with Crippen molar-refractivity contribution in [1.29, 1.82) is 0 Å². The molecule has 0 radical (unpaired) electrons. The van der Waals surface area contributed by atoms with E-state index in [2.05, 4.69) is 65.2 Å². The Labute approximate surface area is 134 Å². The molecule has 1 aliphatic rings. The summed E-state index contributed by atoms with van der Waals surface area (Å²) in [5.41, 5.74) is 6.37. The van der Waals surface area contributed by atoms with E-state index in [9.17, 15) is 5.11 Å². The summed E-state index contributed by atoms with van der Waals surface area (Å²) in [4.78, 5) is 5.58. The Morgan fingerprint density at radius 2 is 1.41 bits per heavy atom. The molecule has 1 aromatic rings. The number of nitrogens with one attached hydrogen (secondary N) is 1. The molecule has 22 heavy (non-hydrogen) atoms. The zero-order valence-corrected chi connectivity index (χ0v) is 15.1. The lowest BCUT2D eigenvalue weighted by atomic mass is 9.78. The van der Waals surface area contributed by atoms with Crippen LogP contribution in [-0.2, 0) is 15.7 Å². The number of rotatable bonds is 1. The number of phenols is 1. The highest BCUT2D eigenvalue weighted by Crippen LogP contribution is 2.41. The van der Waals surface area contributed by atoms with Crippen LogP contribution in [0.1, 0.15) is 72.1 Å². The van der Waals surface area contributed by atoms with E-state index in [1.54, 1.807) is 0 Å². The summed E-state index contributed by atoms with van der Waals surface area (Å²) in [5, 5.41) is 10.8. The molecule has 122 valence electrons. The Bertz CT molecular complexity index is 578. The standard InChI is InChI=1S/C19H29NO2/c1-17(2,3)13-9-12(15-11-19(7,8)22-20-15)10-14(16(13)21)18(4,5)6/h9-11,20-21H,1-8H3. The fourth-order valence-corrected chi connectivity index (χ4v) is 2.67. The highest BCUT2D eigenvalue weighted by molar-refractivity contribution is 5.69. The van der Waals surface area contributed by atoms with Gasteiger partial charge < -0.3 is 5.11 Å². The molecule has 0 amide bonds. The fourth-order valence-electron chi connectivity index (χ4n) is 2.67. The van der Waals surface area contributed by atoms with Crippen molar-refractivity contribution in [3.63, 3.8) is 0 Å². The number of hydrogen-bond acceptors (Lipinski definition) is 3. The van der Waals surface area contributed by atoms with E-state index in [1.807, 2.05) is 13.8 Å². The Morgan fingerprint density at radius 1 is 0.955 bits per heavy atom. The van der Waals surface area contributed by atoms with Crippen LogP contribution in [0.2, 0.25) is 0 Å². The molecule has 3 nitrogen and oxygen atoms in total. The fraction of sp³-hybridized carbons (Fsp3) is 0.579. The molecule has 0 unspecified atom stereocenters. The van der Waals surface area contributed by atoms with Gasteiger partial charge in [-0.25, -0.2) is 0 Å². The number of phenolic OH excluding ortho intramolecular Hbond substituents is 1. The van der Waals surface area contributed by atoms with Crippen LogP contribution in [0.25, 0.3) is 5.70 Å². The van der Waals surface area contributed by atoms with Crippen LogP contribution in [0, 0.1) is 0 Å². The molecular formula is C19H29NO2. The lowest BCUT2D eigenvalue weighted by Gasteiger charge is -2.28. The van der Waals surface area contributed by atoms with E-state index in [4.69, 9.17) is 4.84 Å². The molecule has 0 bridgehead atoms. The van der Waals surface area contributed by atoms with E-state index in [1.165, 1.54) is 0 Å². The summed E-state index contributed by atoms with van der Waals surface area (Å²) in [7, 11) is 0. The van der Waals surface area contributed by atoms with Gasteiger partial charge in [-0.3, -0.25) is 10.3 Å². The monoisotopic (exact) mass is 303 g/mol. The third-order valence-electron chi connectivity index (χ3n) is 3.95. The number of aromatic hydroxyl groups is 1. The van der Waals surface area contributed by atoms with Crippen molar-refractivity contribution in [2.75, 3.05) is 0 Å². The van der Waals surface area contributed by atoms with Gasteiger partial charge in [0.15, 0.2) is 0 Å². The SMILES string of the molecule is CC1(C)C=C(c2cc(C(C)(C)C)c(O)c(C(C)(C)C)c2)NO1. The van der Waals surface area contributed by atoms with Crippen LogP contribution in [-0.4, -0.2) is 10.7 Å². The molecule has 3 heteroatoms. The predicted molar refractivity (Wildman–Crippen MR) is 91.8 cm³/mol. The summed E-state index contributed by atoms with van der Waals surface area (Å²) >= 11 is 0. The molecular weight excluding hydrogens is 274 g/mol. The number of hydrogen-bond donors (Lipinski definition) is 2. The summed E-state index contributed by atoms with van der Waals surface area (Å²) < 4.78 is 0. The minimum absolute atomic E-state index is 0.129. The average Bonchev–Trinajstić information content (AvgIpc) is 2.67. The normalized spacial score (nSPS) is 18.1. The molecule has 0 aliphatic carbocycles. The average molecular weight is 303 g/mol. The van der Waals surface area contributed by atoms with Gasteiger partial charge in [0.2, 0.25) is 0 Å². The first-order valence-electron chi connectivity index (χ1n) is 7.86. The van der Waals surface area contributed by atoms with Crippen molar-refractivity contribution in [3.05, 3.63) is 34.9 Å². The third kappa shape index (κ3) is 3.30. The quantitative estimate of drug-likeness (QED) is 0.794. The van der Waals surface area contributed by atoms with Crippen molar-refractivity contribution >= 4 is 5.70 Å². The summed E-state index contributed by atoms with van der Waals surface area (Å²) in [6.07, 6.45) is 2.08. The van der Waals surface area contributed by atoms with E-state index in [0.717, 1.165) is 22.4 Å². The highest BCUT2D eigenvalue weighted by atomic mass is 16.7. The maximum Gasteiger partial charge on any atom is 0.123 e. The first-order chi connectivity index (χ1) is 9.81. The summed E-state index contributed by atoms with van der Waals surface area (Å²) in [6.45, 7) is 16.8. The molecule has 0 saturated carbocycles. The van der Waals surface area contributed by atoms with Crippen LogP contribution >= 0.6 is 0 Å². The lowest BCUT2D eigenvalue weighted by molar-refractivity contribution is -0.00840. The van der Waals surface area contributed by atoms with Crippen LogP contribution < -0.4 is 5.48 Å². The first kappa shape index (κ1) is 16.9. The Balaban J connectivity index is 2.67. The van der Waals surface area contributed by atoms with Crippen molar-refractivity contribution in [1.82, 2.24) is 5.48 Å². The first-order valence-corrected chi connectivity index (χ1v) is 7.86. The molecule has 0 saturated heterocycles. The van der Waals surface area contributed by atoms with Crippen molar-refractivity contribution in [3.8, 4) is 5.75 Å². The van der Waals surface area contributed by atoms with Gasteiger partial charge in [-0.05, 0) is 42.9 Å². The maximum atomic E-state index is 10.8. The molecule has 0 spiro atoms. The van der Waals surface area contributed by atoms with Crippen LogP contribution in [0.15, 0.2) is 18.2 Å².